The third kappa shape index (κ3) is 4.14. The van der Waals surface area contributed by atoms with Crippen molar-refractivity contribution < 1.29 is 8.42 Å². The molecule has 16 heavy (non-hydrogen) atoms. The minimum absolute atomic E-state index is 0.130. The van der Waals surface area contributed by atoms with Crippen molar-refractivity contribution in [1.82, 2.24) is 9.62 Å². The molecule has 92 valence electrons. The van der Waals surface area contributed by atoms with Crippen molar-refractivity contribution in [3.05, 3.63) is 20.8 Å². The molecule has 1 rings (SSSR count). The quantitative estimate of drug-likeness (QED) is 0.861. The second-order valence-electron chi connectivity index (χ2n) is 3.43. The van der Waals surface area contributed by atoms with Crippen LogP contribution in [0.1, 0.15) is 5.56 Å². The number of hydrogen-bond acceptors (Lipinski definition) is 4. The van der Waals surface area contributed by atoms with Crippen molar-refractivity contribution in [2.24, 2.45) is 0 Å². The normalized spacial score (nSPS) is 12.2. The van der Waals surface area contributed by atoms with E-state index in [0.29, 0.717) is 13.1 Å². The zero-order valence-corrected chi connectivity index (χ0v) is 12.5. The van der Waals surface area contributed by atoms with Crippen molar-refractivity contribution in [2.75, 3.05) is 26.4 Å². The van der Waals surface area contributed by atoms with Gasteiger partial charge in [0.15, 0.2) is 0 Å². The fourth-order valence-electron chi connectivity index (χ4n) is 1.17. The molecule has 0 unspecified atom stereocenters. The molecule has 1 heterocycles. The summed E-state index contributed by atoms with van der Waals surface area (Å²) in [5, 5.41) is 4.79. The average Bonchev–Trinajstić information content (AvgIpc) is 2.61. The zero-order chi connectivity index (χ0) is 12.2. The second kappa shape index (κ2) is 6.11. The largest absolute Gasteiger partial charge is 0.319 e. The van der Waals surface area contributed by atoms with Crippen LogP contribution in [0.3, 0.4) is 0 Å². The van der Waals surface area contributed by atoms with Gasteiger partial charge in [0.25, 0.3) is 0 Å². The van der Waals surface area contributed by atoms with E-state index in [1.165, 1.54) is 4.31 Å². The summed E-state index contributed by atoms with van der Waals surface area (Å²) in [7, 11) is 0.198. The van der Waals surface area contributed by atoms with Crippen molar-refractivity contribution in [3.63, 3.8) is 0 Å². The first-order valence-corrected chi connectivity index (χ1v) is 8.05. The van der Waals surface area contributed by atoms with Crippen molar-refractivity contribution >= 4 is 37.3 Å². The zero-order valence-electron chi connectivity index (χ0n) is 9.23. The maximum Gasteiger partial charge on any atom is 0.215 e. The number of sulfonamides is 1. The predicted molar refractivity (Wildman–Crippen MR) is 71.2 cm³/mol. The van der Waals surface area contributed by atoms with Gasteiger partial charge in [-0.3, -0.25) is 0 Å². The van der Waals surface area contributed by atoms with Gasteiger partial charge in [0, 0.05) is 20.1 Å². The Hall–Kier alpha value is 0.0500. The standard InChI is InChI=1S/C9H15BrN2O2S2/c1-11-3-4-16(13,14)12(2)6-8-5-9(10)15-7-8/h5,7,11H,3-4,6H2,1-2H3. The van der Waals surface area contributed by atoms with Crippen LogP contribution in [0.4, 0.5) is 0 Å². The second-order valence-corrected chi connectivity index (χ2v) is 7.92. The van der Waals surface area contributed by atoms with Gasteiger partial charge in [-0.1, -0.05) is 0 Å². The van der Waals surface area contributed by atoms with Crippen molar-refractivity contribution in [3.8, 4) is 0 Å². The van der Waals surface area contributed by atoms with Crippen LogP contribution in [0.2, 0.25) is 0 Å². The van der Waals surface area contributed by atoms with Gasteiger partial charge >= 0.3 is 0 Å². The van der Waals surface area contributed by atoms with E-state index in [0.717, 1.165) is 9.35 Å². The molecule has 4 nitrogen and oxygen atoms in total. The topological polar surface area (TPSA) is 49.4 Å². The Morgan fingerprint density at radius 1 is 1.56 bits per heavy atom. The Morgan fingerprint density at radius 3 is 2.75 bits per heavy atom. The minimum atomic E-state index is -3.15. The molecular weight excluding hydrogens is 312 g/mol. The predicted octanol–water partition coefficient (Wildman–Crippen LogP) is 1.49. The summed E-state index contributed by atoms with van der Waals surface area (Å²) in [5.41, 5.74) is 1.01. The Balaban J connectivity index is 2.61. The third-order valence-corrected chi connectivity index (χ3v) is 5.46. The molecule has 0 spiro atoms. The highest BCUT2D eigenvalue weighted by Gasteiger charge is 2.17. The molecule has 1 N–H and O–H groups in total. The van der Waals surface area contributed by atoms with Crippen LogP contribution < -0.4 is 5.32 Å². The first kappa shape index (κ1) is 14.1. The highest BCUT2D eigenvalue weighted by Crippen LogP contribution is 2.22. The summed E-state index contributed by atoms with van der Waals surface area (Å²) in [6.07, 6.45) is 0. The van der Waals surface area contributed by atoms with Crippen LogP contribution >= 0.6 is 27.3 Å². The number of nitrogens with zero attached hydrogens (tertiary/aromatic N) is 1. The Morgan fingerprint density at radius 2 is 2.25 bits per heavy atom. The van der Waals surface area contributed by atoms with Gasteiger partial charge < -0.3 is 5.32 Å². The first-order valence-electron chi connectivity index (χ1n) is 4.77. The Bertz CT molecular complexity index is 430. The molecule has 0 saturated carbocycles. The fourth-order valence-corrected chi connectivity index (χ4v) is 3.49. The number of hydrogen-bond donors (Lipinski definition) is 1. The van der Waals surface area contributed by atoms with Gasteiger partial charge in [0.1, 0.15) is 0 Å². The maximum absolute atomic E-state index is 11.8. The van der Waals surface area contributed by atoms with E-state index in [-0.39, 0.29) is 5.75 Å². The lowest BCUT2D eigenvalue weighted by atomic mass is 10.3. The van der Waals surface area contributed by atoms with Crippen LogP contribution in [0.15, 0.2) is 15.2 Å². The number of nitrogens with one attached hydrogen (secondary N) is 1. The van der Waals surface area contributed by atoms with Crippen LogP contribution in [0.25, 0.3) is 0 Å². The van der Waals surface area contributed by atoms with E-state index in [2.05, 4.69) is 21.2 Å². The van der Waals surface area contributed by atoms with E-state index in [1.54, 1.807) is 25.4 Å². The highest BCUT2D eigenvalue weighted by atomic mass is 79.9. The Labute approximate surface area is 109 Å². The Kier molecular flexibility index (Phi) is 5.39. The molecule has 0 amide bonds. The average molecular weight is 327 g/mol. The van der Waals surface area contributed by atoms with Crippen LogP contribution in [-0.2, 0) is 16.6 Å². The summed E-state index contributed by atoms with van der Waals surface area (Å²) in [4.78, 5) is 0. The van der Waals surface area contributed by atoms with Gasteiger partial charge in [0.05, 0.1) is 9.54 Å². The lowest BCUT2D eigenvalue weighted by Gasteiger charge is -2.16. The number of thiophene rings is 1. The summed E-state index contributed by atoms with van der Waals surface area (Å²) in [5.74, 6) is 0.130. The lowest BCUT2D eigenvalue weighted by molar-refractivity contribution is 0.466. The molecule has 1 aromatic heterocycles. The van der Waals surface area contributed by atoms with E-state index in [1.807, 2.05) is 11.4 Å². The third-order valence-electron chi connectivity index (χ3n) is 2.11. The fraction of sp³-hybridized carbons (Fsp3) is 0.556. The number of halogens is 1. The minimum Gasteiger partial charge on any atom is -0.319 e. The monoisotopic (exact) mass is 326 g/mol. The summed E-state index contributed by atoms with van der Waals surface area (Å²) in [6.45, 7) is 0.897. The van der Waals surface area contributed by atoms with Crippen molar-refractivity contribution in [1.29, 1.82) is 0 Å². The molecule has 0 aliphatic heterocycles. The molecule has 1 aromatic rings. The van der Waals surface area contributed by atoms with Crippen LogP contribution in [0.5, 0.6) is 0 Å². The molecule has 7 heteroatoms. The summed E-state index contributed by atoms with van der Waals surface area (Å²) < 4.78 is 26.0. The van der Waals surface area contributed by atoms with Crippen LogP contribution in [-0.4, -0.2) is 39.1 Å². The first-order chi connectivity index (χ1) is 7.45. The van der Waals surface area contributed by atoms with E-state index >= 15 is 0 Å². The SMILES string of the molecule is CNCCS(=O)(=O)N(C)Cc1csc(Br)c1. The van der Waals surface area contributed by atoms with Gasteiger partial charge in [-0.05, 0) is 40.0 Å². The van der Waals surface area contributed by atoms with Gasteiger partial charge in [-0.2, -0.15) is 0 Å². The van der Waals surface area contributed by atoms with E-state index in [9.17, 15) is 8.42 Å². The van der Waals surface area contributed by atoms with Crippen molar-refractivity contribution in [2.45, 2.75) is 6.54 Å². The molecule has 0 fully saturated rings. The lowest BCUT2D eigenvalue weighted by Crippen LogP contribution is -2.32. The molecule has 0 saturated heterocycles. The summed E-state index contributed by atoms with van der Waals surface area (Å²) in [6, 6.07) is 1.94. The highest BCUT2D eigenvalue weighted by molar-refractivity contribution is 9.11. The molecule has 0 aliphatic carbocycles. The molecule has 0 bridgehead atoms. The molecule has 0 radical (unpaired) electrons. The molecule has 0 aliphatic rings. The maximum atomic E-state index is 11.8. The molecular formula is C9H15BrN2O2S2. The van der Waals surface area contributed by atoms with E-state index < -0.39 is 10.0 Å². The van der Waals surface area contributed by atoms with Gasteiger partial charge in [-0.25, -0.2) is 12.7 Å². The molecule has 0 atom stereocenters. The molecule has 0 aromatic carbocycles. The van der Waals surface area contributed by atoms with Crippen LogP contribution in [0, 0.1) is 0 Å². The smallest absolute Gasteiger partial charge is 0.215 e. The van der Waals surface area contributed by atoms with Gasteiger partial charge in [-0.15, -0.1) is 11.3 Å². The van der Waals surface area contributed by atoms with E-state index in [4.69, 9.17) is 0 Å². The van der Waals surface area contributed by atoms with Gasteiger partial charge in [0.2, 0.25) is 10.0 Å². The summed E-state index contributed by atoms with van der Waals surface area (Å²) >= 11 is 4.91. The number of rotatable bonds is 6.